The number of hydrogen-bond acceptors (Lipinski definition) is 6. The first kappa shape index (κ1) is 19.6. The molecule has 136 valence electrons. The van der Waals surface area contributed by atoms with Crippen LogP contribution in [0.4, 0.5) is 0 Å². The molecule has 0 aliphatic heterocycles. The monoisotopic (exact) mass is 402 g/mol. The second kappa shape index (κ2) is 8.55. The lowest BCUT2D eigenvalue weighted by atomic mass is 10.2. The van der Waals surface area contributed by atoms with Crippen molar-refractivity contribution in [2.75, 3.05) is 14.2 Å². The molecule has 0 saturated carbocycles. The zero-order valence-electron chi connectivity index (χ0n) is 14.1. The molecule has 1 N–H and O–H groups in total. The number of ether oxygens (including phenoxy) is 2. The topological polar surface area (TPSA) is 77.0 Å². The highest BCUT2D eigenvalue weighted by atomic mass is 35.5. The first-order valence-electron chi connectivity index (χ1n) is 7.47. The number of methoxy groups -OCH3 is 2. The van der Waals surface area contributed by atoms with E-state index in [1.807, 2.05) is 13.0 Å². The maximum atomic E-state index is 12.6. The highest BCUT2D eigenvalue weighted by molar-refractivity contribution is 7.89. The molecule has 0 atom stereocenters. The third-order valence-corrected chi connectivity index (χ3v) is 5.82. The van der Waals surface area contributed by atoms with Crippen molar-refractivity contribution in [1.82, 2.24) is 4.83 Å². The van der Waals surface area contributed by atoms with E-state index in [1.165, 1.54) is 37.7 Å². The van der Waals surface area contributed by atoms with Crippen LogP contribution in [0, 0.1) is 0 Å². The van der Waals surface area contributed by atoms with Gasteiger partial charge >= 0.3 is 0 Å². The van der Waals surface area contributed by atoms with Gasteiger partial charge in [0, 0.05) is 6.07 Å². The predicted octanol–water partition coefficient (Wildman–Crippen LogP) is 3.90. The van der Waals surface area contributed by atoms with E-state index in [0.717, 1.165) is 11.3 Å². The zero-order chi connectivity index (χ0) is 18.4. The van der Waals surface area contributed by atoms with Gasteiger partial charge in [0.25, 0.3) is 10.0 Å². The average Bonchev–Trinajstić information content (AvgIpc) is 3.04. The van der Waals surface area contributed by atoms with Gasteiger partial charge < -0.3 is 9.47 Å². The Morgan fingerprint density at radius 3 is 2.56 bits per heavy atom. The van der Waals surface area contributed by atoms with E-state index in [4.69, 9.17) is 21.1 Å². The van der Waals surface area contributed by atoms with Crippen molar-refractivity contribution in [3.8, 4) is 11.5 Å². The molecule has 2 aromatic rings. The van der Waals surface area contributed by atoms with Crippen molar-refractivity contribution < 1.29 is 17.9 Å². The highest BCUT2D eigenvalue weighted by Gasteiger charge is 2.20. The van der Waals surface area contributed by atoms with Crippen LogP contribution in [0.2, 0.25) is 4.34 Å². The lowest BCUT2D eigenvalue weighted by Gasteiger charge is -2.11. The van der Waals surface area contributed by atoms with Gasteiger partial charge in [0.1, 0.15) is 16.4 Å². The average molecular weight is 403 g/mol. The molecule has 9 heteroatoms. The van der Waals surface area contributed by atoms with Crippen LogP contribution in [0.3, 0.4) is 0 Å². The summed E-state index contributed by atoms with van der Waals surface area (Å²) in [6, 6.07) is 8.12. The first-order chi connectivity index (χ1) is 11.9. The van der Waals surface area contributed by atoms with Crippen molar-refractivity contribution in [1.29, 1.82) is 0 Å². The third-order valence-electron chi connectivity index (χ3n) is 3.31. The Morgan fingerprint density at radius 2 is 2.00 bits per heavy atom. The normalized spacial score (nSPS) is 12.1. The van der Waals surface area contributed by atoms with Crippen LogP contribution in [0.5, 0.6) is 11.5 Å². The Balaban J connectivity index is 2.36. The van der Waals surface area contributed by atoms with Gasteiger partial charge in [-0.3, -0.25) is 0 Å². The molecular formula is C16H19ClN2O4S2. The van der Waals surface area contributed by atoms with Crippen molar-refractivity contribution in [3.63, 3.8) is 0 Å². The van der Waals surface area contributed by atoms with E-state index >= 15 is 0 Å². The second-order valence-electron chi connectivity index (χ2n) is 5.02. The molecule has 1 heterocycles. The molecule has 0 amide bonds. The lowest BCUT2D eigenvalue weighted by molar-refractivity contribution is 0.392. The van der Waals surface area contributed by atoms with Crippen molar-refractivity contribution in [2.24, 2.45) is 5.10 Å². The Bertz CT molecular complexity index is 863. The largest absolute Gasteiger partial charge is 0.497 e. The number of benzene rings is 1. The summed E-state index contributed by atoms with van der Waals surface area (Å²) in [6.45, 7) is 1.99. The molecule has 0 radical (unpaired) electrons. The molecule has 0 spiro atoms. The van der Waals surface area contributed by atoms with Crippen LogP contribution in [-0.4, -0.2) is 28.3 Å². The Kier molecular flexibility index (Phi) is 6.69. The maximum absolute atomic E-state index is 12.6. The SMILES string of the molecule is CCCC(=NNS(=O)(=O)c1cc(OC)ccc1OC)c1ccc(Cl)s1. The molecule has 0 saturated heterocycles. The summed E-state index contributed by atoms with van der Waals surface area (Å²) < 4.78 is 36.1. The fourth-order valence-corrected chi connectivity index (χ4v) is 4.18. The van der Waals surface area contributed by atoms with Crippen LogP contribution in [0.15, 0.2) is 40.3 Å². The Morgan fingerprint density at radius 1 is 1.24 bits per heavy atom. The van der Waals surface area contributed by atoms with Gasteiger partial charge in [-0.1, -0.05) is 24.9 Å². The molecule has 6 nitrogen and oxygen atoms in total. The predicted molar refractivity (Wildman–Crippen MR) is 101 cm³/mol. The Labute approximate surface area is 156 Å². The summed E-state index contributed by atoms with van der Waals surface area (Å²) in [5.41, 5.74) is 0.629. The number of nitrogens with zero attached hydrogens (tertiary/aromatic N) is 1. The summed E-state index contributed by atoms with van der Waals surface area (Å²) in [5.74, 6) is 0.615. The summed E-state index contributed by atoms with van der Waals surface area (Å²) in [4.78, 5) is 3.06. The molecule has 0 aliphatic carbocycles. The number of thiophene rings is 1. The van der Waals surface area contributed by atoms with Crippen LogP contribution < -0.4 is 14.3 Å². The van der Waals surface area contributed by atoms with E-state index in [9.17, 15) is 8.42 Å². The minimum Gasteiger partial charge on any atom is -0.497 e. The molecule has 0 fully saturated rings. The zero-order valence-corrected chi connectivity index (χ0v) is 16.5. The fraction of sp³-hybridized carbons (Fsp3) is 0.312. The molecule has 0 bridgehead atoms. The fourth-order valence-electron chi connectivity index (χ4n) is 2.10. The minimum atomic E-state index is -3.92. The lowest BCUT2D eigenvalue weighted by Crippen LogP contribution is -2.21. The second-order valence-corrected chi connectivity index (χ2v) is 8.37. The van der Waals surface area contributed by atoms with E-state index < -0.39 is 10.0 Å². The highest BCUT2D eigenvalue weighted by Crippen LogP contribution is 2.28. The number of rotatable bonds is 8. The first-order valence-corrected chi connectivity index (χ1v) is 10.1. The molecule has 0 aliphatic rings. The molecular weight excluding hydrogens is 384 g/mol. The number of sulfonamides is 1. The summed E-state index contributed by atoms with van der Waals surface area (Å²) >= 11 is 7.31. The number of hydrogen-bond donors (Lipinski definition) is 1. The smallest absolute Gasteiger partial charge is 0.280 e. The summed E-state index contributed by atoms with van der Waals surface area (Å²) in [6.07, 6.45) is 1.44. The van der Waals surface area contributed by atoms with Crippen LogP contribution >= 0.6 is 22.9 Å². The van der Waals surface area contributed by atoms with Gasteiger partial charge in [-0.25, -0.2) is 0 Å². The standard InChI is InChI=1S/C16H19ClN2O4S2/c1-4-5-12(14-8-9-16(17)24-14)18-19-25(20,21)15-10-11(22-2)6-7-13(15)23-3/h6-10,19H,4-5H2,1-3H3. The quantitative estimate of drug-likeness (QED) is 0.536. The minimum absolute atomic E-state index is 0.0434. The third kappa shape index (κ3) is 4.87. The van der Waals surface area contributed by atoms with Gasteiger partial charge in [-0.15, -0.1) is 11.3 Å². The van der Waals surface area contributed by atoms with Gasteiger partial charge in [-0.2, -0.15) is 18.4 Å². The summed E-state index contributed by atoms with van der Waals surface area (Å²) in [7, 11) is -1.06. The van der Waals surface area contributed by atoms with Crippen LogP contribution in [0.1, 0.15) is 24.6 Å². The number of halogens is 1. The Hall–Kier alpha value is -1.77. The molecule has 2 rings (SSSR count). The van der Waals surface area contributed by atoms with Gasteiger partial charge in [0.2, 0.25) is 0 Å². The van der Waals surface area contributed by atoms with Crippen molar-refractivity contribution in [3.05, 3.63) is 39.5 Å². The van der Waals surface area contributed by atoms with Crippen LogP contribution in [0.25, 0.3) is 0 Å². The van der Waals surface area contributed by atoms with Crippen molar-refractivity contribution >= 4 is 38.7 Å². The van der Waals surface area contributed by atoms with E-state index in [0.29, 0.717) is 22.2 Å². The summed E-state index contributed by atoms with van der Waals surface area (Å²) in [5, 5.41) is 4.11. The number of nitrogens with one attached hydrogen (secondary N) is 1. The molecule has 1 aromatic heterocycles. The number of hydrazone groups is 1. The van der Waals surface area contributed by atoms with E-state index in [1.54, 1.807) is 12.1 Å². The van der Waals surface area contributed by atoms with Gasteiger partial charge in [-0.05, 0) is 30.7 Å². The molecule has 0 unspecified atom stereocenters. The van der Waals surface area contributed by atoms with Crippen LogP contribution in [-0.2, 0) is 10.0 Å². The maximum Gasteiger partial charge on any atom is 0.280 e. The van der Waals surface area contributed by atoms with Gasteiger partial charge in [0.05, 0.1) is 29.1 Å². The van der Waals surface area contributed by atoms with Gasteiger partial charge in [0.15, 0.2) is 0 Å². The van der Waals surface area contributed by atoms with E-state index in [2.05, 4.69) is 9.93 Å². The molecule has 1 aromatic carbocycles. The van der Waals surface area contributed by atoms with Crippen molar-refractivity contribution in [2.45, 2.75) is 24.7 Å². The van der Waals surface area contributed by atoms with E-state index in [-0.39, 0.29) is 10.6 Å². The molecule has 25 heavy (non-hydrogen) atoms.